The predicted octanol–water partition coefficient (Wildman–Crippen LogP) is 6.05. The van der Waals surface area contributed by atoms with Crippen molar-refractivity contribution in [2.45, 2.75) is 64.4 Å². The highest BCUT2D eigenvalue weighted by molar-refractivity contribution is 6.39. The van der Waals surface area contributed by atoms with E-state index in [0.717, 1.165) is 0 Å². The van der Waals surface area contributed by atoms with Gasteiger partial charge in [0.15, 0.2) is 0 Å². The first-order valence-electron chi connectivity index (χ1n) is 18.5. The number of nitrogens with zero attached hydrogens (tertiary/aromatic N) is 4. The fourth-order valence-corrected chi connectivity index (χ4v) is 7.30. The molecule has 304 valence electrons. The molecule has 1 aliphatic rings. The van der Waals surface area contributed by atoms with Gasteiger partial charge in [-0.2, -0.15) is 0 Å². The molecular formula is C42H44Cl2N6O8. The van der Waals surface area contributed by atoms with Gasteiger partial charge in [0.1, 0.15) is 17.3 Å². The molecule has 2 amide bonds. The first-order chi connectivity index (χ1) is 27.7. The Balaban J connectivity index is 1.27. The van der Waals surface area contributed by atoms with E-state index in [0.29, 0.717) is 73.5 Å². The number of pyridine rings is 2. The second-order valence-corrected chi connectivity index (χ2v) is 15.5. The van der Waals surface area contributed by atoms with Crippen molar-refractivity contribution in [1.82, 2.24) is 29.9 Å². The standard InChI is InChI=1S/C42H44Cl2N6O8/c1-42(2,3)58-41(55)49(22-27-13-15-35(52)47-27)21-26-20-46-34-18-24(16-17-50(34)39(26)53)28-8-6-9-29(36(28)43)30-10-7-11-31(37(30)44)32-14-12-25(38(48-32)56-4)19-45-33(23-51)40(54)57-5/h6-12,14,16-18,20,27,33,45,51H,13,15,19,21-23H2,1-5H3,(H,47,52)/t27-,33-/m0/s1. The minimum atomic E-state index is -0.907. The number of carbonyl (C=O) groups is 3. The number of aliphatic hydroxyl groups is 1. The second-order valence-electron chi connectivity index (χ2n) is 14.7. The summed E-state index contributed by atoms with van der Waals surface area (Å²) < 4.78 is 17.3. The summed E-state index contributed by atoms with van der Waals surface area (Å²) in [6, 6.07) is 17.1. The average Bonchev–Trinajstić information content (AvgIpc) is 3.62. The largest absolute Gasteiger partial charge is 0.481 e. The van der Waals surface area contributed by atoms with Gasteiger partial charge >= 0.3 is 12.1 Å². The predicted molar refractivity (Wildman–Crippen MR) is 220 cm³/mol. The highest BCUT2D eigenvalue weighted by Crippen LogP contribution is 2.42. The lowest BCUT2D eigenvalue weighted by Crippen LogP contribution is -2.44. The van der Waals surface area contributed by atoms with Crippen LogP contribution in [-0.2, 0) is 32.2 Å². The summed E-state index contributed by atoms with van der Waals surface area (Å²) in [7, 11) is 2.74. The van der Waals surface area contributed by atoms with Crippen molar-refractivity contribution in [3.63, 3.8) is 0 Å². The first-order valence-corrected chi connectivity index (χ1v) is 19.3. The highest BCUT2D eigenvalue weighted by atomic mass is 35.5. The van der Waals surface area contributed by atoms with Crippen LogP contribution in [0.1, 0.15) is 44.7 Å². The molecule has 3 N–H and O–H groups in total. The minimum absolute atomic E-state index is 0.0583. The monoisotopic (exact) mass is 830 g/mol. The molecule has 2 aromatic carbocycles. The van der Waals surface area contributed by atoms with Gasteiger partial charge in [-0.3, -0.25) is 24.1 Å². The fraction of sp³-hybridized carbons (Fsp3) is 0.333. The Labute approximate surface area is 345 Å². The van der Waals surface area contributed by atoms with Crippen molar-refractivity contribution in [3.05, 3.63) is 105 Å². The van der Waals surface area contributed by atoms with Crippen molar-refractivity contribution >= 4 is 46.8 Å². The van der Waals surface area contributed by atoms with E-state index in [1.165, 1.54) is 29.7 Å². The second kappa shape index (κ2) is 17.9. The highest BCUT2D eigenvalue weighted by Gasteiger charge is 2.29. The Morgan fingerprint density at radius 3 is 2.33 bits per heavy atom. The van der Waals surface area contributed by atoms with Crippen LogP contribution in [0.5, 0.6) is 5.88 Å². The lowest BCUT2D eigenvalue weighted by molar-refractivity contribution is -0.144. The van der Waals surface area contributed by atoms with E-state index >= 15 is 0 Å². The fourth-order valence-electron chi connectivity index (χ4n) is 6.63. The molecule has 1 aliphatic heterocycles. The van der Waals surface area contributed by atoms with Crippen molar-refractivity contribution in [2.24, 2.45) is 0 Å². The van der Waals surface area contributed by atoms with Crippen molar-refractivity contribution in [2.75, 3.05) is 27.4 Å². The normalized spacial score (nSPS) is 14.6. The van der Waals surface area contributed by atoms with E-state index in [-0.39, 0.29) is 42.7 Å². The molecule has 58 heavy (non-hydrogen) atoms. The van der Waals surface area contributed by atoms with Crippen molar-refractivity contribution < 1.29 is 33.7 Å². The smallest absolute Gasteiger partial charge is 0.410 e. The van der Waals surface area contributed by atoms with Crippen LogP contribution in [0.3, 0.4) is 0 Å². The molecule has 1 saturated heterocycles. The number of fused-ring (bicyclic) bond motifs is 1. The van der Waals surface area contributed by atoms with Gasteiger partial charge < -0.3 is 29.5 Å². The lowest BCUT2D eigenvalue weighted by atomic mass is 9.97. The van der Waals surface area contributed by atoms with Crippen molar-refractivity contribution in [1.29, 1.82) is 0 Å². The zero-order chi connectivity index (χ0) is 41.7. The third-order valence-electron chi connectivity index (χ3n) is 9.53. The molecule has 0 aliphatic carbocycles. The summed E-state index contributed by atoms with van der Waals surface area (Å²) in [4.78, 5) is 61.4. The number of aliphatic hydroxyl groups excluding tert-OH is 1. The lowest BCUT2D eigenvalue weighted by Gasteiger charge is -2.29. The molecule has 0 unspecified atom stereocenters. The summed E-state index contributed by atoms with van der Waals surface area (Å²) in [5.74, 6) is -0.361. The number of rotatable bonds is 13. The molecule has 6 rings (SSSR count). The molecule has 1 fully saturated rings. The number of hydrogen-bond acceptors (Lipinski definition) is 11. The number of aromatic nitrogens is 3. The molecule has 16 heteroatoms. The molecule has 0 spiro atoms. The van der Waals surface area contributed by atoms with Gasteiger partial charge in [-0.25, -0.2) is 14.8 Å². The molecule has 2 atom stereocenters. The Morgan fingerprint density at radius 2 is 1.69 bits per heavy atom. The number of hydrogen-bond donors (Lipinski definition) is 3. The van der Waals surface area contributed by atoms with Gasteiger partial charge in [0.25, 0.3) is 5.56 Å². The van der Waals surface area contributed by atoms with Crippen LogP contribution < -0.4 is 20.9 Å². The topological polar surface area (TPSA) is 174 Å². The zero-order valence-corrected chi connectivity index (χ0v) is 34.2. The maximum atomic E-state index is 13.8. The van der Waals surface area contributed by atoms with Gasteiger partial charge in [-0.1, -0.05) is 65.7 Å². The molecule has 0 bridgehead atoms. The molecule has 0 radical (unpaired) electrons. The van der Waals surface area contributed by atoms with Gasteiger partial charge in [0, 0.05) is 65.8 Å². The average molecular weight is 832 g/mol. The molecule has 4 heterocycles. The number of carbonyl (C=O) groups excluding carboxylic acids is 3. The van der Waals surface area contributed by atoms with Crippen LogP contribution in [0.2, 0.25) is 10.0 Å². The number of halogens is 2. The van der Waals surface area contributed by atoms with Gasteiger partial charge in [0.05, 0.1) is 48.7 Å². The van der Waals surface area contributed by atoms with Gasteiger partial charge in [-0.05, 0) is 51.0 Å². The van der Waals surface area contributed by atoms with Crippen molar-refractivity contribution in [3.8, 4) is 39.4 Å². The molecule has 5 aromatic rings. The van der Waals surface area contributed by atoms with E-state index in [1.807, 2.05) is 36.4 Å². The maximum absolute atomic E-state index is 13.8. The third-order valence-corrected chi connectivity index (χ3v) is 10.3. The number of methoxy groups -OCH3 is 2. The molecule has 0 saturated carbocycles. The van der Waals surface area contributed by atoms with Gasteiger partial charge in [-0.15, -0.1) is 0 Å². The summed E-state index contributed by atoms with van der Waals surface area (Å²) in [5, 5.41) is 16.2. The summed E-state index contributed by atoms with van der Waals surface area (Å²) in [6.45, 7) is 5.17. The van der Waals surface area contributed by atoms with Crippen LogP contribution in [0.4, 0.5) is 4.79 Å². The van der Waals surface area contributed by atoms with Gasteiger partial charge in [0.2, 0.25) is 11.8 Å². The Morgan fingerprint density at radius 1 is 1.00 bits per heavy atom. The summed E-state index contributed by atoms with van der Waals surface area (Å²) >= 11 is 14.2. The van der Waals surface area contributed by atoms with E-state index < -0.39 is 30.3 Å². The minimum Gasteiger partial charge on any atom is -0.481 e. The number of amides is 2. The van der Waals surface area contributed by atoms with E-state index in [1.54, 1.807) is 51.2 Å². The maximum Gasteiger partial charge on any atom is 0.410 e. The Hall–Kier alpha value is -5.54. The molecule has 3 aromatic heterocycles. The summed E-state index contributed by atoms with van der Waals surface area (Å²) in [5.41, 5.74) is 4.07. The quantitative estimate of drug-likeness (QED) is 0.118. The van der Waals surface area contributed by atoms with E-state index in [9.17, 15) is 24.3 Å². The van der Waals surface area contributed by atoms with Crippen LogP contribution in [0.15, 0.2) is 77.9 Å². The zero-order valence-electron chi connectivity index (χ0n) is 32.7. The number of nitrogens with one attached hydrogen (secondary N) is 2. The summed E-state index contributed by atoms with van der Waals surface area (Å²) in [6.07, 6.45) is 3.42. The van der Waals surface area contributed by atoms with Crippen LogP contribution in [-0.4, -0.2) is 87.4 Å². The number of benzene rings is 2. The molecular weight excluding hydrogens is 787 g/mol. The van der Waals surface area contributed by atoms with Crippen LogP contribution in [0.25, 0.3) is 39.2 Å². The first kappa shape index (κ1) is 42.1. The van der Waals surface area contributed by atoms with Crippen LogP contribution in [0, 0.1) is 0 Å². The number of esters is 1. The van der Waals surface area contributed by atoms with E-state index in [2.05, 4.69) is 20.6 Å². The molecule has 14 nitrogen and oxygen atoms in total. The van der Waals surface area contributed by atoms with Crippen LogP contribution >= 0.6 is 23.2 Å². The van der Waals surface area contributed by atoms with E-state index in [4.69, 9.17) is 37.4 Å². The Bertz CT molecular complexity index is 2420. The Kier molecular flexibility index (Phi) is 13.0. The SMILES string of the molecule is COC(=O)[C@H](CO)NCc1ccc(-c2cccc(-c3cccc(-c4ccn5c(=O)c(CN(C[C@@H]6CCC(=O)N6)C(=O)OC(C)(C)C)cnc5c4)c3Cl)c2Cl)nc1OC. The third kappa shape index (κ3) is 9.42. The number of ether oxygens (including phenoxy) is 3.